The van der Waals surface area contributed by atoms with Crippen molar-refractivity contribution in [1.29, 1.82) is 0 Å². The summed E-state index contributed by atoms with van der Waals surface area (Å²) in [6, 6.07) is 0. The van der Waals surface area contributed by atoms with E-state index in [-0.39, 0.29) is 12.6 Å². The van der Waals surface area contributed by atoms with Gasteiger partial charge in [0.1, 0.15) is 11.2 Å². The van der Waals surface area contributed by atoms with Crippen molar-refractivity contribution < 1.29 is 23.7 Å². The van der Waals surface area contributed by atoms with Crippen molar-refractivity contribution in [1.82, 2.24) is 0 Å². The van der Waals surface area contributed by atoms with Crippen LogP contribution >= 0.6 is 0 Å². The monoisotopic (exact) mass is 254 g/mol. The first-order chi connectivity index (χ1) is 8.75. The second-order valence-electron chi connectivity index (χ2n) is 5.50. The highest BCUT2D eigenvalue weighted by Crippen LogP contribution is 2.54. The minimum Gasteiger partial charge on any atom is -0.349 e. The van der Waals surface area contributed by atoms with E-state index in [0.717, 1.165) is 6.42 Å². The zero-order valence-corrected chi connectivity index (χ0v) is 10.5. The Kier molecular flexibility index (Phi) is 2.38. The van der Waals surface area contributed by atoms with Gasteiger partial charge in [0.15, 0.2) is 12.6 Å². The summed E-state index contributed by atoms with van der Waals surface area (Å²) in [5, 5.41) is 0. The quantitative estimate of drug-likeness (QED) is 0.683. The first-order valence-corrected chi connectivity index (χ1v) is 6.62. The molecule has 4 heterocycles. The fourth-order valence-corrected chi connectivity index (χ4v) is 3.52. The Hall–Kier alpha value is -0.460. The molecule has 5 nitrogen and oxygen atoms in total. The van der Waals surface area contributed by atoms with Crippen LogP contribution in [0.4, 0.5) is 0 Å². The molecule has 3 fully saturated rings. The van der Waals surface area contributed by atoms with Crippen LogP contribution in [0.25, 0.3) is 0 Å². The lowest BCUT2D eigenvalue weighted by molar-refractivity contribution is -0.229. The third-order valence-electron chi connectivity index (χ3n) is 4.40. The van der Waals surface area contributed by atoms with E-state index in [1.165, 1.54) is 0 Å². The lowest BCUT2D eigenvalue weighted by atomic mass is 9.79. The molecule has 0 saturated carbocycles. The Morgan fingerprint density at radius 3 is 2.11 bits per heavy atom. The highest BCUT2D eigenvalue weighted by atomic mass is 16.8. The Bertz CT molecular complexity index is 372. The summed E-state index contributed by atoms with van der Waals surface area (Å²) in [6.07, 6.45) is 4.46. The highest BCUT2D eigenvalue weighted by molar-refractivity contribution is 5.28. The molecule has 100 valence electrons. The van der Waals surface area contributed by atoms with Crippen molar-refractivity contribution in [3.63, 3.8) is 0 Å². The first kappa shape index (κ1) is 11.4. The van der Waals surface area contributed by atoms with Crippen molar-refractivity contribution >= 4 is 0 Å². The summed E-state index contributed by atoms with van der Waals surface area (Å²) in [6.45, 7) is 4.73. The van der Waals surface area contributed by atoms with Crippen LogP contribution in [0, 0.1) is 5.92 Å². The highest BCUT2D eigenvalue weighted by Gasteiger charge is 2.65. The van der Waals surface area contributed by atoms with E-state index < -0.39 is 11.2 Å². The average Bonchev–Trinajstić information content (AvgIpc) is 3.13. The molecule has 4 aliphatic heterocycles. The van der Waals surface area contributed by atoms with Crippen LogP contribution in [-0.4, -0.2) is 50.2 Å². The summed E-state index contributed by atoms with van der Waals surface area (Å²) in [5.74, 6) is 0.332. The van der Waals surface area contributed by atoms with E-state index in [1.807, 2.05) is 0 Å². The molecule has 0 aromatic heterocycles. The molecule has 3 saturated heterocycles. The average molecular weight is 254 g/mol. The normalized spacial score (nSPS) is 48.6. The van der Waals surface area contributed by atoms with Crippen molar-refractivity contribution in [2.24, 2.45) is 5.92 Å². The zero-order valence-electron chi connectivity index (χ0n) is 10.5. The van der Waals surface area contributed by atoms with Gasteiger partial charge in [-0.1, -0.05) is 6.92 Å². The van der Waals surface area contributed by atoms with Crippen LogP contribution < -0.4 is 0 Å². The van der Waals surface area contributed by atoms with Gasteiger partial charge >= 0.3 is 0 Å². The molecule has 4 aliphatic rings. The van der Waals surface area contributed by atoms with Crippen molar-refractivity contribution in [2.45, 2.75) is 37.1 Å². The molecule has 5 heteroatoms. The molecular formula is C13H18O5. The van der Waals surface area contributed by atoms with E-state index in [0.29, 0.717) is 32.3 Å². The molecule has 3 unspecified atom stereocenters. The molecule has 18 heavy (non-hydrogen) atoms. The van der Waals surface area contributed by atoms with E-state index in [4.69, 9.17) is 23.7 Å². The molecular weight excluding hydrogens is 236 g/mol. The second-order valence-corrected chi connectivity index (χ2v) is 5.50. The van der Waals surface area contributed by atoms with E-state index in [9.17, 15) is 0 Å². The third-order valence-corrected chi connectivity index (χ3v) is 4.40. The Labute approximate surface area is 106 Å². The predicted molar refractivity (Wildman–Crippen MR) is 60.9 cm³/mol. The second kappa shape index (κ2) is 3.77. The fraction of sp³-hybridized carbons (Fsp3) is 0.846. The topological polar surface area (TPSA) is 46.2 Å². The van der Waals surface area contributed by atoms with E-state index in [1.54, 1.807) is 0 Å². The Balaban J connectivity index is 1.63. The number of hydrogen-bond acceptors (Lipinski definition) is 5. The van der Waals surface area contributed by atoms with Crippen molar-refractivity contribution in [3.8, 4) is 0 Å². The standard InChI is InChI=1S/C13H18O5/c1-9-8-12(10-14-4-5-15-10)2-3-13(9,18-12)11-16-6-7-17-11/h2-3,9-11H,4-8H2,1H3. The van der Waals surface area contributed by atoms with Gasteiger partial charge in [-0.2, -0.15) is 0 Å². The maximum atomic E-state index is 6.32. The minimum atomic E-state index is -0.466. The molecule has 0 aromatic carbocycles. The molecule has 0 spiro atoms. The SMILES string of the molecule is CC1CC2(C3OCCO3)C=CC1(C1OCCO1)O2. The number of hydrogen-bond donors (Lipinski definition) is 0. The molecule has 4 rings (SSSR count). The van der Waals surface area contributed by atoms with E-state index in [2.05, 4.69) is 19.1 Å². The van der Waals surface area contributed by atoms with Gasteiger partial charge in [-0.25, -0.2) is 0 Å². The lowest BCUT2D eigenvalue weighted by Gasteiger charge is -2.32. The third kappa shape index (κ3) is 1.34. The molecule has 0 amide bonds. The van der Waals surface area contributed by atoms with Crippen LogP contribution in [0.1, 0.15) is 13.3 Å². The maximum absolute atomic E-state index is 6.32. The van der Waals surface area contributed by atoms with Gasteiger partial charge in [0.25, 0.3) is 0 Å². The molecule has 3 atom stereocenters. The number of fused-ring (bicyclic) bond motifs is 2. The summed E-state index contributed by atoms with van der Waals surface area (Å²) in [5.41, 5.74) is -0.920. The van der Waals surface area contributed by atoms with Gasteiger partial charge in [0, 0.05) is 0 Å². The summed E-state index contributed by atoms with van der Waals surface area (Å²) in [7, 11) is 0. The van der Waals surface area contributed by atoms with Crippen molar-refractivity contribution in [2.75, 3.05) is 26.4 Å². The lowest BCUT2D eigenvalue weighted by Crippen LogP contribution is -2.45. The molecule has 0 radical (unpaired) electrons. The molecule has 0 aromatic rings. The van der Waals surface area contributed by atoms with E-state index >= 15 is 0 Å². The summed E-state index contributed by atoms with van der Waals surface area (Å²) in [4.78, 5) is 0. The van der Waals surface area contributed by atoms with Crippen LogP contribution in [0.3, 0.4) is 0 Å². The molecule has 0 N–H and O–H groups in total. The van der Waals surface area contributed by atoms with Crippen molar-refractivity contribution in [3.05, 3.63) is 12.2 Å². The zero-order chi connectivity index (χ0) is 12.2. The fourth-order valence-electron chi connectivity index (χ4n) is 3.52. The van der Waals surface area contributed by atoms with Gasteiger partial charge in [0.2, 0.25) is 0 Å². The number of ether oxygens (including phenoxy) is 5. The smallest absolute Gasteiger partial charge is 0.190 e. The maximum Gasteiger partial charge on any atom is 0.190 e. The number of rotatable bonds is 2. The Morgan fingerprint density at radius 2 is 1.50 bits per heavy atom. The first-order valence-electron chi connectivity index (χ1n) is 6.62. The van der Waals surface area contributed by atoms with Gasteiger partial charge in [0.05, 0.1) is 26.4 Å². The molecule has 2 bridgehead atoms. The van der Waals surface area contributed by atoms with Gasteiger partial charge in [-0.3, -0.25) is 0 Å². The molecule has 0 aliphatic carbocycles. The van der Waals surface area contributed by atoms with Crippen LogP contribution in [0.5, 0.6) is 0 Å². The summed E-state index contributed by atoms with van der Waals surface area (Å²) >= 11 is 0. The van der Waals surface area contributed by atoms with Crippen LogP contribution in [0.2, 0.25) is 0 Å². The van der Waals surface area contributed by atoms with Crippen LogP contribution in [0.15, 0.2) is 12.2 Å². The van der Waals surface area contributed by atoms with Gasteiger partial charge < -0.3 is 23.7 Å². The Morgan fingerprint density at radius 1 is 0.889 bits per heavy atom. The van der Waals surface area contributed by atoms with Gasteiger partial charge in [-0.05, 0) is 24.5 Å². The minimum absolute atomic E-state index is 0.290. The predicted octanol–water partition coefficient (Wildman–Crippen LogP) is 0.836. The summed E-state index contributed by atoms with van der Waals surface area (Å²) < 4.78 is 28.9. The van der Waals surface area contributed by atoms with Crippen LogP contribution in [-0.2, 0) is 23.7 Å². The van der Waals surface area contributed by atoms with Gasteiger partial charge in [-0.15, -0.1) is 0 Å². The largest absolute Gasteiger partial charge is 0.349 e.